The van der Waals surface area contributed by atoms with E-state index in [9.17, 15) is 22.4 Å². The van der Waals surface area contributed by atoms with Crippen molar-refractivity contribution in [2.75, 3.05) is 7.11 Å². The van der Waals surface area contributed by atoms with Gasteiger partial charge < -0.3 is 9.72 Å². The predicted molar refractivity (Wildman–Crippen MR) is 90.9 cm³/mol. The maximum absolute atomic E-state index is 13.7. The van der Waals surface area contributed by atoms with Crippen molar-refractivity contribution >= 4 is 0 Å². The second-order valence-corrected chi connectivity index (χ2v) is 6.94. The molecule has 26 heavy (non-hydrogen) atoms. The van der Waals surface area contributed by atoms with Crippen LogP contribution in [0.25, 0.3) is 0 Å². The summed E-state index contributed by atoms with van der Waals surface area (Å²) < 4.78 is 59.7. The molecule has 142 valence electrons. The standard InChI is InChI=1S/C19H21F4NO2/c1-18(2,15-10-14(20)4-5-16(15)26-3)11-13(19(21,22)23)8-12-6-7-24-17(25)9-12/h4-7,9-10,13H,8,11H2,1-3H3,(H,24,25). The average Bonchev–Trinajstić information content (AvgIpc) is 2.53. The van der Waals surface area contributed by atoms with Crippen LogP contribution in [0, 0.1) is 11.7 Å². The predicted octanol–water partition coefficient (Wildman–Crippen LogP) is 4.61. The van der Waals surface area contributed by atoms with Crippen LogP contribution in [0.2, 0.25) is 0 Å². The van der Waals surface area contributed by atoms with Crippen molar-refractivity contribution in [1.82, 2.24) is 4.98 Å². The molecule has 1 heterocycles. The third kappa shape index (κ3) is 4.86. The van der Waals surface area contributed by atoms with Gasteiger partial charge in [-0.15, -0.1) is 0 Å². The molecule has 7 heteroatoms. The molecule has 0 aliphatic rings. The number of benzene rings is 1. The summed E-state index contributed by atoms with van der Waals surface area (Å²) >= 11 is 0. The van der Waals surface area contributed by atoms with Gasteiger partial charge >= 0.3 is 6.18 Å². The number of halogens is 4. The largest absolute Gasteiger partial charge is 0.496 e. The van der Waals surface area contributed by atoms with Gasteiger partial charge in [-0.25, -0.2) is 4.39 Å². The zero-order chi connectivity index (χ0) is 19.5. The summed E-state index contributed by atoms with van der Waals surface area (Å²) in [6.07, 6.45) is -3.73. The van der Waals surface area contributed by atoms with E-state index in [2.05, 4.69) is 4.98 Å². The van der Waals surface area contributed by atoms with Gasteiger partial charge in [-0.2, -0.15) is 13.2 Å². The Bertz CT molecular complexity index is 812. The van der Waals surface area contributed by atoms with Crippen LogP contribution in [-0.2, 0) is 11.8 Å². The lowest BCUT2D eigenvalue weighted by Gasteiger charge is -2.32. The van der Waals surface area contributed by atoms with E-state index in [1.807, 2.05) is 0 Å². The molecule has 0 saturated carbocycles. The van der Waals surface area contributed by atoms with Crippen molar-refractivity contribution in [3.63, 3.8) is 0 Å². The normalized spacial score (nSPS) is 13.5. The highest BCUT2D eigenvalue weighted by Gasteiger charge is 2.43. The quantitative estimate of drug-likeness (QED) is 0.754. The number of methoxy groups -OCH3 is 1. The molecule has 1 atom stereocenters. The van der Waals surface area contributed by atoms with E-state index in [1.54, 1.807) is 13.8 Å². The number of alkyl halides is 3. The number of pyridine rings is 1. The molecule has 2 rings (SSSR count). The molecule has 1 unspecified atom stereocenters. The Morgan fingerprint density at radius 2 is 1.85 bits per heavy atom. The second-order valence-electron chi connectivity index (χ2n) is 6.94. The highest BCUT2D eigenvalue weighted by atomic mass is 19.4. The molecule has 0 aliphatic carbocycles. The molecule has 1 N–H and O–H groups in total. The number of aromatic nitrogens is 1. The van der Waals surface area contributed by atoms with Crippen molar-refractivity contribution in [2.24, 2.45) is 5.92 Å². The third-order valence-electron chi connectivity index (χ3n) is 4.43. The second kappa shape index (κ2) is 7.51. The Morgan fingerprint density at radius 3 is 2.42 bits per heavy atom. The number of H-pyrrole nitrogens is 1. The molecule has 1 aromatic heterocycles. The Labute approximate surface area is 149 Å². The number of rotatable bonds is 6. The Balaban J connectivity index is 2.35. The van der Waals surface area contributed by atoms with E-state index >= 15 is 0 Å². The maximum Gasteiger partial charge on any atom is 0.392 e. The maximum atomic E-state index is 13.7. The SMILES string of the molecule is COc1ccc(F)cc1C(C)(C)CC(Cc1cc[nH]c(=O)c1)C(F)(F)F. The first-order valence-corrected chi connectivity index (χ1v) is 8.11. The Morgan fingerprint density at radius 1 is 1.15 bits per heavy atom. The number of nitrogens with one attached hydrogen (secondary N) is 1. The van der Waals surface area contributed by atoms with Crippen molar-refractivity contribution in [3.8, 4) is 5.75 Å². The molecule has 0 amide bonds. The summed E-state index contributed by atoms with van der Waals surface area (Å²) in [7, 11) is 1.39. The van der Waals surface area contributed by atoms with Gasteiger partial charge in [0.05, 0.1) is 13.0 Å². The zero-order valence-corrected chi connectivity index (χ0v) is 14.8. The topological polar surface area (TPSA) is 42.1 Å². The minimum atomic E-state index is -4.46. The van der Waals surface area contributed by atoms with Crippen molar-refractivity contribution < 1.29 is 22.3 Å². The van der Waals surface area contributed by atoms with E-state index in [4.69, 9.17) is 4.74 Å². The van der Waals surface area contributed by atoms with Gasteiger partial charge in [0.2, 0.25) is 5.56 Å². The minimum Gasteiger partial charge on any atom is -0.496 e. The smallest absolute Gasteiger partial charge is 0.392 e. The lowest BCUT2D eigenvalue weighted by Crippen LogP contribution is -2.33. The van der Waals surface area contributed by atoms with Gasteiger partial charge in [0.25, 0.3) is 0 Å². The van der Waals surface area contributed by atoms with Gasteiger partial charge in [0, 0.05) is 17.8 Å². The lowest BCUT2D eigenvalue weighted by atomic mass is 9.75. The summed E-state index contributed by atoms with van der Waals surface area (Å²) in [5, 5.41) is 0. The number of hydrogen-bond acceptors (Lipinski definition) is 2. The number of ether oxygens (including phenoxy) is 1. The van der Waals surface area contributed by atoms with Gasteiger partial charge in [0.15, 0.2) is 0 Å². The van der Waals surface area contributed by atoms with E-state index in [0.717, 1.165) is 6.07 Å². The first-order chi connectivity index (χ1) is 12.0. The van der Waals surface area contributed by atoms with Gasteiger partial charge in [-0.1, -0.05) is 13.8 Å². The van der Waals surface area contributed by atoms with Gasteiger partial charge in [-0.3, -0.25) is 4.79 Å². The molecule has 2 aromatic rings. The molecule has 0 aliphatic heterocycles. The first kappa shape index (κ1) is 20.0. The fourth-order valence-corrected chi connectivity index (χ4v) is 3.14. The van der Waals surface area contributed by atoms with E-state index in [1.165, 1.54) is 37.6 Å². The summed E-state index contributed by atoms with van der Waals surface area (Å²) in [5.74, 6) is -1.88. The molecule has 0 radical (unpaired) electrons. The molecular weight excluding hydrogens is 350 g/mol. The minimum absolute atomic E-state index is 0.275. The molecule has 3 nitrogen and oxygen atoms in total. The fourth-order valence-electron chi connectivity index (χ4n) is 3.14. The molecule has 0 saturated heterocycles. The van der Waals surface area contributed by atoms with Crippen molar-refractivity contribution in [3.05, 3.63) is 63.8 Å². The van der Waals surface area contributed by atoms with Crippen LogP contribution in [0.3, 0.4) is 0 Å². The third-order valence-corrected chi connectivity index (χ3v) is 4.43. The van der Waals surface area contributed by atoms with Gasteiger partial charge in [-0.05, 0) is 48.1 Å². The average molecular weight is 371 g/mol. The van der Waals surface area contributed by atoms with Crippen LogP contribution < -0.4 is 10.3 Å². The number of aromatic amines is 1. The first-order valence-electron chi connectivity index (χ1n) is 8.11. The van der Waals surface area contributed by atoms with Crippen LogP contribution in [0.5, 0.6) is 5.75 Å². The molecule has 0 fully saturated rings. The van der Waals surface area contributed by atoms with Crippen LogP contribution in [0.15, 0.2) is 41.3 Å². The van der Waals surface area contributed by atoms with Crippen LogP contribution in [0.1, 0.15) is 31.4 Å². The summed E-state index contributed by atoms with van der Waals surface area (Å²) in [6, 6.07) is 6.44. The summed E-state index contributed by atoms with van der Waals surface area (Å²) in [4.78, 5) is 13.7. The molecule has 0 bridgehead atoms. The van der Waals surface area contributed by atoms with E-state index in [0.29, 0.717) is 16.9 Å². The monoisotopic (exact) mass is 371 g/mol. The molecular formula is C19H21F4NO2. The fraction of sp³-hybridized carbons (Fsp3) is 0.421. The van der Waals surface area contributed by atoms with Crippen LogP contribution in [0.4, 0.5) is 17.6 Å². The zero-order valence-electron chi connectivity index (χ0n) is 14.8. The molecule has 0 spiro atoms. The highest BCUT2D eigenvalue weighted by Crippen LogP contribution is 2.42. The Hall–Kier alpha value is -2.31. The van der Waals surface area contributed by atoms with Crippen LogP contribution in [-0.4, -0.2) is 18.3 Å². The Kier molecular flexibility index (Phi) is 5.78. The van der Waals surface area contributed by atoms with E-state index < -0.39 is 28.9 Å². The summed E-state index contributed by atoms with van der Waals surface area (Å²) in [6.45, 7) is 3.25. The van der Waals surface area contributed by atoms with Crippen molar-refractivity contribution in [1.29, 1.82) is 0 Å². The number of hydrogen-bond donors (Lipinski definition) is 1. The van der Waals surface area contributed by atoms with Gasteiger partial charge in [0.1, 0.15) is 11.6 Å². The van der Waals surface area contributed by atoms with Crippen LogP contribution >= 0.6 is 0 Å². The highest BCUT2D eigenvalue weighted by molar-refractivity contribution is 5.39. The van der Waals surface area contributed by atoms with E-state index in [-0.39, 0.29) is 12.8 Å². The lowest BCUT2D eigenvalue weighted by molar-refractivity contribution is -0.179. The van der Waals surface area contributed by atoms with Crippen molar-refractivity contribution in [2.45, 2.75) is 38.3 Å². The summed E-state index contributed by atoms with van der Waals surface area (Å²) in [5.41, 5.74) is -0.762. The molecule has 1 aromatic carbocycles.